The van der Waals surface area contributed by atoms with Gasteiger partial charge in [-0.3, -0.25) is 4.99 Å². The fraction of sp³-hybridized carbons (Fsp3) is 0.562. The van der Waals surface area contributed by atoms with E-state index in [9.17, 15) is 8.78 Å². The first-order valence-corrected chi connectivity index (χ1v) is 7.60. The minimum atomic E-state index is -0.806. The molecule has 0 bridgehead atoms. The zero-order valence-corrected chi connectivity index (χ0v) is 12.7. The first-order valence-electron chi connectivity index (χ1n) is 7.60. The molecular weight excluding hydrogens is 272 g/mol. The monoisotopic (exact) mass is 295 g/mol. The zero-order valence-electron chi connectivity index (χ0n) is 12.7. The van der Waals surface area contributed by atoms with E-state index in [0.717, 1.165) is 31.2 Å². The molecule has 1 aliphatic heterocycles. The second-order valence-corrected chi connectivity index (χ2v) is 5.46. The number of benzene rings is 1. The summed E-state index contributed by atoms with van der Waals surface area (Å²) >= 11 is 0. The molecule has 1 N–H and O–H groups in total. The van der Waals surface area contributed by atoms with Crippen LogP contribution in [0.3, 0.4) is 0 Å². The molecule has 1 atom stereocenters. The minimum Gasteiger partial charge on any atom is -0.357 e. The van der Waals surface area contributed by atoms with E-state index in [2.05, 4.69) is 15.2 Å². The quantitative estimate of drug-likeness (QED) is 0.682. The molecular formula is C16H23F2N3. The Morgan fingerprint density at radius 1 is 1.29 bits per heavy atom. The van der Waals surface area contributed by atoms with Crippen LogP contribution in [0.4, 0.5) is 8.78 Å². The summed E-state index contributed by atoms with van der Waals surface area (Å²) in [5, 5.41) is 3.29. The summed E-state index contributed by atoms with van der Waals surface area (Å²) in [6, 6.07) is 4.07. The summed E-state index contributed by atoms with van der Waals surface area (Å²) in [4.78, 5) is 6.89. The molecule has 116 valence electrons. The molecule has 21 heavy (non-hydrogen) atoms. The lowest BCUT2D eigenvalue weighted by Gasteiger charge is -2.21. The number of hydrogen-bond acceptors (Lipinski definition) is 1. The number of likely N-dealkylation sites (tertiary alicyclic amines) is 1. The van der Waals surface area contributed by atoms with Gasteiger partial charge < -0.3 is 10.2 Å². The first-order chi connectivity index (χ1) is 10.1. The van der Waals surface area contributed by atoms with Gasteiger partial charge in [0.25, 0.3) is 0 Å². The topological polar surface area (TPSA) is 27.6 Å². The van der Waals surface area contributed by atoms with Crippen molar-refractivity contribution in [2.24, 2.45) is 4.99 Å². The summed E-state index contributed by atoms with van der Waals surface area (Å²) in [6.07, 6.45) is 2.40. The lowest BCUT2D eigenvalue weighted by molar-refractivity contribution is 0.492. The molecule has 1 aromatic carbocycles. The maximum atomic E-state index is 13.3. The van der Waals surface area contributed by atoms with Crippen LogP contribution in [0.2, 0.25) is 0 Å². The Bertz CT molecular complexity index is 496. The van der Waals surface area contributed by atoms with Gasteiger partial charge in [-0.15, -0.1) is 0 Å². The summed E-state index contributed by atoms with van der Waals surface area (Å²) in [6.45, 7) is 7.48. The minimum absolute atomic E-state index is 0.0522. The third-order valence-electron chi connectivity index (χ3n) is 3.77. The fourth-order valence-corrected chi connectivity index (χ4v) is 2.50. The van der Waals surface area contributed by atoms with Crippen LogP contribution >= 0.6 is 0 Å². The highest BCUT2D eigenvalue weighted by molar-refractivity contribution is 5.80. The van der Waals surface area contributed by atoms with E-state index in [1.165, 1.54) is 25.0 Å². The number of halogens is 2. The molecule has 2 rings (SSSR count). The van der Waals surface area contributed by atoms with Gasteiger partial charge in [-0.2, -0.15) is 0 Å². The molecule has 1 aromatic rings. The lowest BCUT2D eigenvalue weighted by Crippen LogP contribution is -2.39. The Morgan fingerprint density at radius 2 is 2.00 bits per heavy atom. The van der Waals surface area contributed by atoms with Crippen LogP contribution < -0.4 is 5.32 Å². The molecule has 3 nitrogen and oxygen atoms in total. The standard InChI is InChI=1S/C16H23F2N3/c1-3-19-16(21-8-4-5-9-21)20-11-12(2)13-6-7-14(17)15(18)10-13/h6-7,10,12H,3-5,8-9,11H2,1-2H3,(H,19,20). The second-order valence-electron chi connectivity index (χ2n) is 5.46. The van der Waals surface area contributed by atoms with Crippen LogP contribution in [0.25, 0.3) is 0 Å². The molecule has 0 aromatic heterocycles. The van der Waals surface area contributed by atoms with E-state index in [4.69, 9.17) is 0 Å². The van der Waals surface area contributed by atoms with Crippen LogP contribution in [0.1, 0.15) is 38.2 Å². The molecule has 1 unspecified atom stereocenters. The number of guanidine groups is 1. The summed E-state index contributed by atoms with van der Waals surface area (Å²) in [7, 11) is 0. The SMILES string of the molecule is CCNC(=NCC(C)c1ccc(F)c(F)c1)N1CCCC1. The van der Waals surface area contributed by atoms with Gasteiger partial charge in [-0.25, -0.2) is 8.78 Å². The van der Waals surface area contributed by atoms with Gasteiger partial charge in [-0.05, 0) is 37.5 Å². The highest BCUT2D eigenvalue weighted by Gasteiger charge is 2.16. The Hall–Kier alpha value is -1.65. The first kappa shape index (κ1) is 15.7. The van der Waals surface area contributed by atoms with E-state index in [1.807, 2.05) is 13.8 Å². The summed E-state index contributed by atoms with van der Waals surface area (Å²) in [5.74, 6) is -0.629. The van der Waals surface area contributed by atoms with Crippen molar-refractivity contribution in [2.45, 2.75) is 32.6 Å². The van der Waals surface area contributed by atoms with Gasteiger partial charge in [0.05, 0.1) is 0 Å². The van der Waals surface area contributed by atoms with E-state index in [0.29, 0.717) is 6.54 Å². The fourth-order valence-electron chi connectivity index (χ4n) is 2.50. The van der Waals surface area contributed by atoms with Gasteiger partial charge in [0.15, 0.2) is 17.6 Å². The smallest absolute Gasteiger partial charge is 0.193 e. The second kappa shape index (κ2) is 7.38. The van der Waals surface area contributed by atoms with E-state index < -0.39 is 11.6 Å². The number of nitrogens with zero attached hydrogens (tertiary/aromatic N) is 2. The van der Waals surface area contributed by atoms with Gasteiger partial charge >= 0.3 is 0 Å². The Morgan fingerprint density at radius 3 is 2.62 bits per heavy atom. The molecule has 0 spiro atoms. The summed E-state index contributed by atoms with van der Waals surface area (Å²) < 4.78 is 26.2. The van der Waals surface area contributed by atoms with Crippen molar-refractivity contribution < 1.29 is 8.78 Å². The van der Waals surface area contributed by atoms with Crippen LogP contribution in [-0.4, -0.2) is 37.0 Å². The normalized spacial score (nSPS) is 17.1. The molecule has 0 saturated carbocycles. The predicted octanol–water partition coefficient (Wildman–Crippen LogP) is 3.13. The number of hydrogen-bond donors (Lipinski definition) is 1. The Kier molecular flexibility index (Phi) is 5.53. The predicted molar refractivity (Wildman–Crippen MR) is 81.6 cm³/mol. The van der Waals surface area contributed by atoms with Gasteiger partial charge in [0.2, 0.25) is 0 Å². The molecule has 5 heteroatoms. The maximum Gasteiger partial charge on any atom is 0.193 e. The van der Waals surface area contributed by atoms with Crippen molar-refractivity contribution in [3.8, 4) is 0 Å². The third kappa shape index (κ3) is 4.16. The van der Waals surface area contributed by atoms with Crippen molar-refractivity contribution >= 4 is 5.96 Å². The van der Waals surface area contributed by atoms with Crippen molar-refractivity contribution in [1.82, 2.24) is 10.2 Å². The highest BCUT2D eigenvalue weighted by Crippen LogP contribution is 2.18. The van der Waals surface area contributed by atoms with Gasteiger partial charge in [0.1, 0.15) is 0 Å². The van der Waals surface area contributed by atoms with Crippen LogP contribution in [0.15, 0.2) is 23.2 Å². The van der Waals surface area contributed by atoms with Crippen molar-refractivity contribution in [3.05, 3.63) is 35.4 Å². The molecule has 1 aliphatic rings. The van der Waals surface area contributed by atoms with Gasteiger partial charge in [0, 0.05) is 32.1 Å². The van der Waals surface area contributed by atoms with Crippen LogP contribution in [0, 0.1) is 11.6 Å². The third-order valence-corrected chi connectivity index (χ3v) is 3.77. The van der Waals surface area contributed by atoms with E-state index in [-0.39, 0.29) is 5.92 Å². The van der Waals surface area contributed by atoms with E-state index in [1.54, 1.807) is 6.07 Å². The average molecular weight is 295 g/mol. The van der Waals surface area contributed by atoms with Gasteiger partial charge in [-0.1, -0.05) is 13.0 Å². The molecule has 1 saturated heterocycles. The van der Waals surface area contributed by atoms with Crippen molar-refractivity contribution in [2.75, 3.05) is 26.2 Å². The van der Waals surface area contributed by atoms with Crippen molar-refractivity contribution in [3.63, 3.8) is 0 Å². The van der Waals surface area contributed by atoms with Crippen LogP contribution in [-0.2, 0) is 0 Å². The zero-order chi connectivity index (χ0) is 15.2. The largest absolute Gasteiger partial charge is 0.357 e. The molecule has 0 radical (unpaired) electrons. The average Bonchev–Trinajstić information content (AvgIpc) is 3.00. The number of rotatable bonds is 4. The van der Waals surface area contributed by atoms with Crippen molar-refractivity contribution in [1.29, 1.82) is 0 Å². The number of aliphatic imine (C=N–C) groups is 1. The Balaban J connectivity index is 2.03. The summed E-state index contributed by atoms with van der Waals surface area (Å²) in [5.41, 5.74) is 0.773. The lowest BCUT2D eigenvalue weighted by atomic mass is 10.0. The van der Waals surface area contributed by atoms with Crippen LogP contribution in [0.5, 0.6) is 0 Å². The Labute approximate surface area is 125 Å². The molecule has 1 heterocycles. The molecule has 0 aliphatic carbocycles. The number of nitrogens with one attached hydrogen (secondary N) is 1. The molecule has 1 fully saturated rings. The molecule has 0 amide bonds. The van der Waals surface area contributed by atoms with E-state index >= 15 is 0 Å². The highest BCUT2D eigenvalue weighted by atomic mass is 19.2. The maximum absolute atomic E-state index is 13.3.